The van der Waals surface area contributed by atoms with Gasteiger partial charge in [-0.3, -0.25) is 9.69 Å². The van der Waals surface area contributed by atoms with Gasteiger partial charge in [-0.2, -0.15) is 4.98 Å². The number of carbonyl (C=O) groups is 1. The van der Waals surface area contributed by atoms with Gasteiger partial charge in [0, 0.05) is 38.0 Å². The summed E-state index contributed by atoms with van der Waals surface area (Å²) in [5, 5.41) is 7.45. The highest BCUT2D eigenvalue weighted by atomic mass is 16.5. The van der Waals surface area contributed by atoms with Crippen LogP contribution in [-0.2, 0) is 16.8 Å². The third-order valence-corrected chi connectivity index (χ3v) is 5.13. The van der Waals surface area contributed by atoms with Crippen LogP contribution in [-0.4, -0.2) is 65.1 Å². The van der Waals surface area contributed by atoms with Gasteiger partial charge in [-0.25, -0.2) is 0 Å². The van der Waals surface area contributed by atoms with Gasteiger partial charge in [-0.1, -0.05) is 25.9 Å². The number of rotatable bonds is 5. The molecule has 2 aliphatic rings. The van der Waals surface area contributed by atoms with Gasteiger partial charge in [0.1, 0.15) is 0 Å². The predicted octanol–water partition coefficient (Wildman–Crippen LogP) is 1.40. The van der Waals surface area contributed by atoms with Crippen molar-refractivity contribution in [3.05, 3.63) is 11.7 Å². The van der Waals surface area contributed by atoms with Gasteiger partial charge in [-0.15, -0.1) is 0 Å². The molecule has 2 saturated heterocycles. The lowest BCUT2D eigenvalue weighted by Gasteiger charge is -2.34. The molecule has 0 aromatic carbocycles. The minimum Gasteiger partial charge on any atom is -0.340 e. The molecule has 3 rings (SSSR count). The van der Waals surface area contributed by atoms with E-state index in [2.05, 4.69) is 41.1 Å². The Kier molecular flexibility index (Phi) is 5.74. The fourth-order valence-electron chi connectivity index (χ4n) is 3.42. The molecule has 1 aromatic heterocycles. The lowest BCUT2D eigenvalue weighted by Crippen LogP contribution is -2.48. The predicted molar refractivity (Wildman–Crippen MR) is 95.1 cm³/mol. The van der Waals surface area contributed by atoms with E-state index in [0.29, 0.717) is 30.7 Å². The van der Waals surface area contributed by atoms with Crippen LogP contribution < -0.4 is 5.32 Å². The molecule has 0 saturated carbocycles. The number of hydrogen-bond donors (Lipinski definition) is 1. The monoisotopic (exact) mass is 349 g/mol. The van der Waals surface area contributed by atoms with Crippen LogP contribution >= 0.6 is 0 Å². The highest BCUT2D eigenvalue weighted by Gasteiger charge is 2.25. The van der Waals surface area contributed by atoms with Crippen LogP contribution in [0.2, 0.25) is 0 Å². The van der Waals surface area contributed by atoms with Crippen molar-refractivity contribution in [2.24, 2.45) is 5.92 Å². The zero-order valence-electron chi connectivity index (χ0n) is 15.8. The summed E-state index contributed by atoms with van der Waals surface area (Å²) in [4.78, 5) is 21.2. The molecule has 7 heteroatoms. The number of aromatic nitrogens is 2. The number of amides is 1. The van der Waals surface area contributed by atoms with Crippen LogP contribution in [0.15, 0.2) is 4.52 Å². The Morgan fingerprint density at radius 3 is 2.64 bits per heavy atom. The molecular formula is C18H31N5O2. The molecule has 1 N–H and O–H groups in total. The van der Waals surface area contributed by atoms with Crippen LogP contribution in [0, 0.1) is 5.92 Å². The zero-order valence-corrected chi connectivity index (χ0v) is 15.8. The quantitative estimate of drug-likeness (QED) is 0.866. The summed E-state index contributed by atoms with van der Waals surface area (Å²) >= 11 is 0. The number of hydrogen-bond acceptors (Lipinski definition) is 6. The molecule has 1 amide bonds. The lowest BCUT2D eigenvalue weighted by atomic mass is 9.97. The molecule has 2 aliphatic heterocycles. The summed E-state index contributed by atoms with van der Waals surface area (Å²) in [7, 11) is 0. The van der Waals surface area contributed by atoms with Crippen LogP contribution in [0.3, 0.4) is 0 Å². The van der Waals surface area contributed by atoms with Crippen molar-refractivity contribution < 1.29 is 9.32 Å². The topological polar surface area (TPSA) is 74.5 Å². The molecule has 7 nitrogen and oxygen atoms in total. The maximum atomic E-state index is 12.4. The fourth-order valence-corrected chi connectivity index (χ4v) is 3.42. The molecule has 140 valence electrons. The van der Waals surface area contributed by atoms with Gasteiger partial charge in [0.2, 0.25) is 11.8 Å². The molecule has 1 unspecified atom stereocenters. The summed E-state index contributed by atoms with van der Waals surface area (Å²) in [6, 6.07) is 0. The Morgan fingerprint density at radius 2 is 2.04 bits per heavy atom. The average molecular weight is 349 g/mol. The van der Waals surface area contributed by atoms with Gasteiger partial charge in [0.25, 0.3) is 0 Å². The van der Waals surface area contributed by atoms with Crippen LogP contribution in [0.25, 0.3) is 0 Å². The molecule has 0 spiro atoms. The number of nitrogens with one attached hydrogen (secondary N) is 1. The van der Waals surface area contributed by atoms with Crippen LogP contribution in [0.4, 0.5) is 0 Å². The van der Waals surface area contributed by atoms with Crippen LogP contribution in [0.1, 0.15) is 51.7 Å². The molecule has 0 radical (unpaired) electrons. The van der Waals surface area contributed by atoms with E-state index < -0.39 is 0 Å². The number of piperazine rings is 1. The van der Waals surface area contributed by atoms with E-state index in [1.807, 2.05) is 4.90 Å². The summed E-state index contributed by atoms with van der Waals surface area (Å²) < 4.78 is 5.35. The Morgan fingerprint density at radius 1 is 1.28 bits per heavy atom. The maximum absolute atomic E-state index is 12.4. The zero-order chi connectivity index (χ0) is 17.9. The van der Waals surface area contributed by atoms with E-state index in [-0.39, 0.29) is 5.41 Å². The van der Waals surface area contributed by atoms with E-state index in [9.17, 15) is 4.79 Å². The first kappa shape index (κ1) is 18.3. The molecule has 25 heavy (non-hydrogen) atoms. The second-order valence-electron chi connectivity index (χ2n) is 8.32. The second-order valence-corrected chi connectivity index (χ2v) is 8.32. The van der Waals surface area contributed by atoms with Gasteiger partial charge >= 0.3 is 0 Å². The van der Waals surface area contributed by atoms with Crippen molar-refractivity contribution in [1.29, 1.82) is 0 Å². The largest absolute Gasteiger partial charge is 0.340 e. The van der Waals surface area contributed by atoms with Crippen molar-refractivity contribution in [1.82, 2.24) is 25.3 Å². The molecule has 0 aliphatic carbocycles. The van der Waals surface area contributed by atoms with Crippen molar-refractivity contribution in [2.75, 3.05) is 39.3 Å². The Hall–Kier alpha value is -1.47. The van der Waals surface area contributed by atoms with Gasteiger partial charge in [0.15, 0.2) is 5.82 Å². The van der Waals surface area contributed by atoms with Gasteiger partial charge < -0.3 is 14.7 Å². The summed E-state index contributed by atoms with van der Waals surface area (Å²) in [5.74, 6) is 2.40. The fraction of sp³-hybridized carbons (Fsp3) is 0.833. The van der Waals surface area contributed by atoms with Crippen molar-refractivity contribution >= 4 is 5.91 Å². The first-order valence-electron chi connectivity index (χ1n) is 9.46. The highest BCUT2D eigenvalue weighted by Crippen LogP contribution is 2.20. The minimum absolute atomic E-state index is 0.120. The van der Waals surface area contributed by atoms with E-state index in [1.54, 1.807) is 0 Å². The smallest absolute Gasteiger partial charge is 0.232 e. The SMILES string of the molecule is CC(C)(C)c1nc(CN2CCN(C(=O)CCC3CCNC3)CC2)no1. The summed E-state index contributed by atoms with van der Waals surface area (Å²) in [6.45, 7) is 12.4. The van der Waals surface area contributed by atoms with Crippen molar-refractivity contribution in [3.8, 4) is 0 Å². The third-order valence-electron chi connectivity index (χ3n) is 5.13. The van der Waals surface area contributed by atoms with E-state index in [4.69, 9.17) is 4.52 Å². The molecule has 1 aromatic rings. The average Bonchev–Trinajstić information content (AvgIpc) is 3.24. The standard InChI is InChI=1S/C18H31N5O2/c1-18(2,3)17-20-15(21-25-17)13-22-8-10-23(11-9-22)16(24)5-4-14-6-7-19-12-14/h14,19H,4-13H2,1-3H3. The van der Waals surface area contributed by atoms with Crippen molar-refractivity contribution in [3.63, 3.8) is 0 Å². The highest BCUT2D eigenvalue weighted by molar-refractivity contribution is 5.76. The third kappa shape index (κ3) is 5.01. The molecule has 2 fully saturated rings. The normalized spacial score (nSPS) is 22.5. The molecule has 0 bridgehead atoms. The Labute approximate surface area is 150 Å². The molecular weight excluding hydrogens is 318 g/mol. The first-order chi connectivity index (χ1) is 11.9. The van der Waals surface area contributed by atoms with Gasteiger partial charge in [0.05, 0.1) is 6.54 Å². The van der Waals surface area contributed by atoms with Crippen LogP contribution in [0.5, 0.6) is 0 Å². The Balaban J connectivity index is 1.40. The first-order valence-corrected chi connectivity index (χ1v) is 9.46. The van der Waals surface area contributed by atoms with E-state index >= 15 is 0 Å². The summed E-state index contributed by atoms with van der Waals surface area (Å²) in [6.07, 6.45) is 2.92. The van der Waals surface area contributed by atoms with E-state index in [1.165, 1.54) is 6.42 Å². The second kappa shape index (κ2) is 7.83. The lowest BCUT2D eigenvalue weighted by molar-refractivity contribution is -0.133. The summed E-state index contributed by atoms with van der Waals surface area (Å²) in [5.41, 5.74) is -0.120. The van der Waals surface area contributed by atoms with Crippen molar-refractivity contribution in [2.45, 2.75) is 52.0 Å². The Bertz CT molecular complexity index is 566. The van der Waals surface area contributed by atoms with Gasteiger partial charge in [-0.05, 0) is 31.8 Å². The molecule has 3 heterocycles. The van der Waals surface area contributed by atoms with E-state index in [0.717, 1.165) is 51.5 Å². The number of carbonyl (C=O) groups excluding carboxylic acids is 1. The minimum atomic E-state index is -0.120. The number of nitrogens with zero attached hydrogens (tertiary/aromatic N) is 4. The maximum Gasteiger partial charge on any atom is 0.232 e. The molecule has 1 atom stereocenters.